The van der Waals surface area contributed by atoms with Gasteiger partial charge in [-0.15, -0.1) is 22.7 Å². The van der Waals surface area contributed by atoms with Crippen molar-refractivity contribution in [3.8, 4) is 0 Å². The lowest BCUT2D eigenvalue weighted by Gasteiger charge is -2.32. The Labute approximate surface area is 163 Å². The first-order chi connectivity index (χ1) is 12.7. The average molecular weight is 388 g/mol. The highest BCUT2D eigenvalue weighted by Crippen LogP contribution is 2.36. The summed E-state index contributed by atoms with van der Waals surface area (Å²) in [5, 5.41) is 10.7. The molecule has 2 aliphatic rings. The van der Waals surface area contributed by atoms with Crippen LogP contribution < -0.4 is 0 Å². The highest BCUT2D eigenvalue weighted by atomic mass is 32.1. The highest BCUT2D eigenvalue weighted by Gasteiger charge is 2.35. The van der Waals surface area contributed by atoms with E-state index in [0.29, 0.717) is 12.6 Å². The normalized spacial score (nSPS) is 21.4. The largest absolute Gasteiger partial charge is 0.295 e. The first kappa shape index (κ1) is 17.9. The molecule has 0 unspecified atom stereocenters. The van der Waals surface area contributed by atoms with E-state index in [1.807, 2.05) is 6.07 Å². The Balaban J connectivity index is 1.51. The fourth-order valence-electron chi connectivity index (χ4n) is 3.97. The molecule has 1 amide bonds. The fourth-order valence-corrected chi connectivity index (χ4v) is 5.50. The van der Waals surface area contributed by atoms with Crippen molar-refractivity contribution in [3.05, 3.63) is 44.8 Å². The van der Waals surface area contributed by atoms with Crippen LogP contribution in [0.1, 0.15) is 54.3 Å². The third-order valence-corrected chi connectivity index (χ3v) is 7.32. The SMILES string of the molecule is CN(CC(=O)N1N=C(c2cccs2)C[C@H]1c1cccs1)C1CCCCC1. The molecule has 6 heteroatoms. The quantitative estimate of drug-likeness (QED) is 0.742. The Bertz CT molecular complexity index is 748. The zero-order valence-electron chi connectivity index (χ0n) is 15.1. The van der Waals surface area contributed by atoms with Gasteiger partial charge in [-0.2, -0.15) is 5.10 Å². The highest BCUT2D eigenvalue weighted by molar-refractivity contribution is 7.12. The zero-order chi connectivity index (χ0) is 17.9. The number of likely N-dealkylation sites (N-methyl/N-ethyl adjacent to an activating group) is 1. The minimum atomic E-state index is 0.0411. The first-order valence-corrected chi connectivity index (χ1v) is 11.2. The molecule has 1 aliphatic carbocycles. The molecular weight excluding hydrogens is 362 g/mol. The Morgan fingerprint density at radius 1 is 1.19 bits per heavy atom. The number of amides is 1. The topological polar surface area (TPSA) is 35.9 Å². The van der Waals surface area contributed by atoms with Crippen LogP contribution in [0.15, 0.2) is 40.1 Å². The standard InChI is InChI=1S/C20H25N3OS2/c1-22(15-7-3-2-4-8-15)14-20(24)23-17(19-10-6-12-26-19)13-16(21-23)18-9-5-11-25-18/h5-6,9-12,15,17H,2-4,7-8,13-14H2,1H3/t17-/m0/s1. The van der Waals surface area contributed by atoms with Gasteiger partial charge in [-0.05, 0) is 42.8 Å². The molecule has 0 saturated heterocycles. The maximum atomic E-state index is 13.1. The van der Waals surface area contributed by atoms with Crippen LogP contribution in [0, 0.1) is 0 Å². The predicted molar refractivity (Wildman–Crippen MR) is 109 cm³/mol. The van der Waals surface area contributed by atoms with E-state index in [0.717, 1.165) is 12.1 Å². The number of hydrogen-bond acceptors (Lipinski definition) is 5. The van der Waals surface area contributed by atoms with Crippen LogP contribution in [0.4, 0.5) is 0 Å². The molecule has 138 valence electrons. The monoisotopic (exact) mass is 387 g/mol. The summed E-state index contributed by atoms with van der Waals surface area (Å²) in [6.45, 7) is 0.452. The van der Waals surface area contributed by atoms with E-state index >= 15 is 0 Å². The predicted octanol–water partition coefficient (Wildman–Crippen LogP) is 4.75. The molecule has 0 N–H and O–H groups in total. The van der Waals surface area contributed by atoms with E-state index in [1.165, 1.54) is 41.9 Å². The van der Waals surface area contributed by atoms with E-state index in [9.17, 15) is 4.79 Å². The number of thiophene rings is 2. The molecule has 0 bridgehead atoms. The van der Waals surface area contributed by atoms with Gasteiger partial charge in [0.15, 0.2) is 0 Å². The van der Waals surface area contributed by atoms with Crippen LogP contribution >= 0.6 is 22.7 Å². The lowest BCUT2D eigenvalue weighted by Crippen LogP contribution is -2.41. The van der Waals surface area contributed by atoms with Gasteiger partial charge in [-0.1, -0.05) is 31.4 Å². The molecule has 2 aromatic heterocycles. The van der Waals surface area contributed by atoms with E-state index in [2.05, 4.69) is 40.9 Å². The summed E-state index contributed by atoms with van der Waals surface area (Å²) < 4.78 is 0. The summed E-state index contributed by atoms with van der Waals surface area (Å²) in [4.78, 5) is 17.7. The minimum absolute atomic E-state index is 0.0411. The Morgan fingerprint density at radius 3 is 2.65 bits per heavy atom. The molecule has 1 atom stereocenters. The van der Waals surface area contributed by atoms with Crippen molar-refractivity contribution >= 4 is 34.3 Å². The first-order valence-electron chi connectivity index (χ1n) is 9.39. The van der Waals surface area contributed by atoms with Crippen molar-refractivity contribution in [2.75, 3.05) is 13.6 Å². The van der Waals surface area contributed by atoms with E-state index in [4.69, 9.17) is 5.10 Å². The van der Waals surface area contributed by atoms with Crippen molar-refractivity contribution in [2.45, 2.75) is 50.6 Å². The maximum absolute atomic E-state index is 13.1. The van der Waals surface area contributed by atoms with Gasteiger partial charge in [0.25, 0.3) is 5.91 Å². The summed E-state index contributed by atoms with van der Waals surface area (Å²) in [5.41, 5.74) is 1.03. The van der Waals surface area contributed by atoms with Gasteiger partial charge >= 0.3 is 0 Å². The molecule has 0 spiro atoms. The molecule has 1 aliphatic heterocycles. The van der Waals surface area contributed by atoms with E-state index in [-0.39, 0.29) is 11.9 Å². The molecule has 0 radical (unpaired) electrons. The summed E-state index contributed by atoms with van der Waals surface area (Å²) >= 11 is 3.40. The number of carbonyl (C=O) groups is 1. The number of rotatable bonds is 5. The van der Waals surface area contributed by atoms with Gasteiger partial charge in [0, 0.05) is 17.3 Å². The number of nitrogens with zero attached hydrogens (tertiary/aromatic N) is 3. The Morgan fingerprint density at radius 2 is 1.96 bits per heavy atom. The van der Waals surface area contributed by atoms with Crippen LogP contribution in [0.3, 0.4) is 0 Å². The molecule has 4 nitrogen and oxygen atoms in total. The molecular formula is C20H25N3OS2. The lowest BCUT2D eigenvalue weighted by atomic mass is 9.94. The third kappa shape index (κ3) is 3.77. The average Bonchev–Trinajstić information content (AvgIpc) is 3.42. The lowest BCUT2D eigenvalue weighted by molar-refractivity contribution is -0.134. The molecule has 2 aromatic rings. The van der Waals surface area contributed by atoms with E-state index < -0.39 is 0 Å². The van der Waals surface area contributed by atoms with Gasteiger partial charge < -0.3 is 0 Å². The summed E-state index contributed by atoms with van der Waals surface area (Å²) in [5.74, 6) is 0.114. The summed E-state index contributed by atoms with van der Waals surface area (Å²) in [6, 6.07) is 8.89. The van der Waals surface area contributed by atoms with Crippen LogP contribution in [0.5, 0.6) is 0 Å². The van der Waals surface area contributed by atoms with Gasteiger partial charge in [-0.3, -0.25) is 9.69 Å². The van der Waals surface area contributed by atoms with Crippen LogP contribution in [0.25, 0.3) is 0 Å². The Hall–Kier alpha value is -1.50. The van der Waals surface area contributed by atoms with Gasteiger partial charge in [0.2, 0.25) is 0 Å². The molecule has 0 aromatic carbocycles. The molecule has 1 saturated carbocycles. The van der Waals surface area contributed by atoms with Crippen molar-refractivity contribution in [1.82, 2.24) is 9.91 Å². The number of hydrazone groups is 1. The molecule has 26 heavy (non-hydrogen) atoms. The van der Waals surface area contributed by atoms with Crippen molar-refractivity contribution < 1.29 is 4.79 Å². The second-order valence-electron chi connectivity index (χ2n) is 7.20. The van der Waals surface area contributed by atoms with Crippen LogP contribution in [0.2, 0.25) is 0 Å². The Kier molecular flexibility index (Phi) is 5.52. The van der Waals surface area contributed by atoms with Crippen molar-refractivity contribution in [2.24, 2.45) is 5.10 Å². The number of carbonyl (C=O) groups excluding carboxylic acids is 1. The van der Waals surface area contributed by atoms with Crippen LogP contribution in [-0.4, -0.2) is 41.2 Å². The zero-order valence-corrected chi connectivity index (χ0v) is 16.8. The van der Waals surface area contributed by atoms with Gasteiger partial charge in [-0.25, -0.2) is 5.01 Å². The summed E-state index contributed by atoms with van der Waals surface area (Å²) in [7, 11) is 2.09. The second kappa shape index (κ2) is 8.03. The maximum Gasteiger partial charge on any atom is 0.257 e. The second-order valence-corrected chi connectivity index (χ2v) is 9.13. The number of hydrogen-bond donors (Lipinski definition) is 0. The smallest absolute Gasteiger partial charge is 0.257 e. The van der Waals surface area contributed by atoms with Gasteiger partial charge in [0.1, 0.15) is 0 Å². The molecule has 4 rings (SSSR count). The van der Waals surface area contributed by atoms with Crippen molar-refractivity contribution in [3.63, 3.8) is 0 Å². The minimum Gasteiger partial charge on any atom is -0.295 e. The summed E-state index contributed by atoms with van der Waals surface area (Å²) in [6.07, 6.45) is 7.12. The molecule has 1 fully saturated rings. The van der Waals surface area contributed by atoms with Crippen LogP contribution in [-0.2, 0) is 4.79 Å². The fraction of sp³-hybridized carbons (Fsp3) is 0.500. The molecule has 3 heterocycles. The van der Waals surface area contributed by atoms with Gasteiger partial charge in [0.05, 0.1) is 23.2 Å². The van der Waals surface area contributed by atoms with Crippen molar-refractivity contribution in [1.29, 1.82) is 0 Å². The van der Waals surface area contributed by atoms with E-state index in [1.54, 1.807) is 27.7 Å². The third-order valence-electron chi connectivity index (χ3n) is 5.43.